The molecule has 0 spiro atoms. The molecular formula is C11H15NO2. The summed E-state index contributed by atoms with van der Waals surface area (Å²) < 4.78 is 0. The summed E-state index contributed by atoms with van der Waals surface area (Å²) in [6.07, 6.45) is 3.33. The normalized spacial score (nSPS) is 12.4. The lowest BCUT2D eigenvalue weighted by molar-refractivity contribution is 0.440. The van der Waals surface area contributed by atoms with Gasteiger partial charge in [-0.15, -0.1) is 6.58 Å². The number of phenolic OH excluding ortho intramolecular Hbond substituents is 2. The molecule has 76 valence electrons. The zero-order valence-electron chi connectivity index (χ0n) is 7.98. The molecule has 0 fully saturated rings. The second-order valence-corrected chi connectivity index (χ2v) is 3.22. The van der Waals surface area contributed by atoms with Crippen LogP contribution >= 0.6 is 0 Å². The number of aromatic hydroxyl groups is 2. The first-order valence-electron chi connectivity index (χ1n) is 4.53. The van der Waals surface area contributed by atoms with Crippen LogP contribution < -0.4 is 5.73 Å². The standard InChI is InChI=1S/C11H15NO2/c1-2-3-4-10(12)9-6-5-8(13)7-11(9)14/h2,5-7,10,13-14H,1,3-4,12H2/t10-/m1/s1. The van der Waals surface area contributed by atoms with E-state index in [2.05, 4.69) is 6.58 Å². The minimum atomic E-state index is -0.214. The van der Waals surface area contributed by atoms with Crippen molar-refractivity contribution in [1.29, 1.82) is 0 Å². The Morgan fingerprint density at radius 1 is 1.43 bits per heavy atom. The Hall–Kier alpha value is -1.48. The molecule has 0 radical (unpaired) electrons. The maximum Gasteiger partial charge on any atom is 0.124 e. The summed E-state index contributed by atoms with van der Waals surface area (Å²) in [6.45, 7) is 3.60. The van der Waals surface area contributed by atoms with E-state index in [0.29, 0.717) is 5.56 Å². The number of phenols is 2. The van der Waals surface area contributed by atoms with Gasteiger partial charge in [0, 0.05) is 17.7 Å². The average molecular weight is 193 g/mol. The summed E-state index contributed by atoms with van der Waals surface area (Å²) >= 11 is 0. The number of nitrogens with two attached hydrogens (primary N) is 1. The highest BCUT2D eigenvalue weighted by molar-refractivity contribution is 5.40. The van der Waals surface area contributed by atoms with Gasteiger partial charge in [0.05, 0.1) is 0 Å². The van der Waals surface area contributed by atoms with Crippen LogP contribution in [-0.4, -0.2) is 10.2 Å². The third-order valence-electron chi connectivity index (χ3n) is 2.10. The summed E-state index contributed by atoms with van der Waals surface area (Å²) in [5.41, 5.74) is 6.50. The first-order chi connectivity index (χ1) is 6.65. The van der Waals surface area contributed by atoms with E-state index < -0.39 is 0 Å². The zero-order chi connectivity index (χ0) is 10.6. The lowest BCUT2D eigenvalue weighted by atomic mass is 10.0. The quantitative estimate of drug-likeness (QED) is 0.641. The molecule has 1 aromatic carbocycles. The lowest BCUT2D eigenvalue weighted by Crippen LogP contribution is -2.09. The minimum absolute atomic E-state index is 0.0431. The Morgan fingerprint density at radius 2 is 2.14 bits per heavy atom. The van der Waals surface area contributed by atoms with Crippen LogP contribution in [0.2, 0.25) is 0 Å². The third kappa shape index (κ3) is 2.50. The molecule has 0 aliphatic rings. The van der Waals surface area contributed by atoms with Crippen LogP contribution in [-0.2, 0) is 0 Å². The predicted octanol–water partition coefficient (Wildman–Crippen LogP) is 2.06. The van der Waals surface area contributed by atoms with Gasteiger partial charge in [-0.1, -0.05) is 12.1 Å². The van der Waals surface area contributed by atoms with Gasteiger partial charge in [-0.2, -0.15) is 0 Å². The summed E-state index contributed by atoms with van der Waals surface area (Å²) in [5.74, 6) is 0.0868. The maximum atomic E-state index is 9.50. The molecule has 14 heavy (non-hydrogen) atoms. The van der Waals surface area contributed by atoms with E-state index in [1.807, 2.05) is 0 Å². The summed E-state index contributed by atoms with van der Waals surface area (Å²) in [6, 6.07) is 4.23. The molecule has 0 unspecified atom stereocenters. The van der Waals surface area contributed by atoms with E-state index in [-0.39, 0.29) is 17.5 Å². The molecule has 0 aromatic heterocycles. The van der Waals surface area contributed by atoms with Gasteiger partial charge >= 0.3 is 0 Å². The van der Waals surface area contributed by atoms with Crippen molar-refractivity contribution in [2.24, 2.45) is 5.73 Å². The average Bonchev–Trinajstić information content (AvgIpc) is 2.14. The predicted molar refractivity (Wildman–Crippen MR) is 56.1 cm³/mol. The van der Waals surface area contributed by atoms with Gasteiger partial charge in [0.2, 0.25) is 0 Å². The van der Waals surface area contributed by atoms with Gasteiger partial charge in [0.25, 0.3) is 0 Å². The van der Waals surface area contributed by atoms with Crippen molar-refractivity contribution >= 4 is 0 Å². The van der Waals surface area contributed by atoms with Crippen molar-refractivity contribution in [2.45, 2.75) is 18.9 Å². The van der Waals surface area contributed by atoms with Crippen LogP contribution in [0.15, 0.2) is 30.9 Å². The Labute approximate surface area is 83.5 Å². The van der Waals surface area contributed by atoms with Gasteiger partial charge in [-0.3, -0.25) is 0 Å². The number of rotatable bonds is 4. The van der Waals surface area contributed by atoms with Crippen LogP contribution in [0.25, 0.3) is 0 Å². The van der Waals surface area contributed by atoms with Crippen molar-refractivity contribution < 1.29 is 10.2 Å². The second-order valence-electron chi connectivity index (χ2n) is 3.22. The largest absolute Gasteiger partial charge is 0.508 e. The van der Waals surface area contributed by atoms with Crippen LogP contribution in [0.4, 0.5) is 0 Å². The van der Waals surface area contributed by atoms with Crippen LogP contribution in [0.3, 0.4) is 0 Å². The van der Waals surface area contributed by atoms with Gasteiger partial charge in [0.15, 0.2) is 0 Å². The van der Waals surface area contributed by atoms with Crippen molar-refractivity contribution in [1.82, 2.24) is 0 Å². The van der Waals surface area contributed by atoms with E-state index in [1.165, 1.54) is 12.1 Å². The number of benzene rings is 1. The topological polar surface area (TPSA) is 66.5 Å². The highest BCUT2D eigenvalue weighted by Gasteiger charge is 2.10. The zero-order valence-corrected chi connectivity index (χ0v) is 7.98. The molecule has 0 saturated carbocycles. The number of hydrogen-bond donors (Lipinski definition) is 3. The van der Waals surface area contributed by atoms with Crippen molar-refractivity contribution in [3.63, 3.8) is 0 Å². The molecule has 1 rings (SSSR count). The number of allylic oxidation sites excluding steroid dienone is 1. The van der Waals surface area contributed by atoms with Gasteiger partial charge in [0.1, 0.15) is 11.5 Å². The third-order valence-corrected chi connectivity index (χ3v) is 2.10. The molecule has 0 heterocycles. The van der Waals surface area contributed by atoms with Gasteiger partial charge in [-0.05, 0) is 18.9 Å². The molecule has 3 heteroatoms. The number of hydrogen-bond acceptors (Lipinski definition) is 3. The van der Waals surface area contributed by atoms with Gasteiger partial charge < -0.3 is 15.9 Å². The molecule has 3 nitrogen and oxygen atoms in total. The fourth-order valence-electron chi connectivity index (χ4n) is 1.30. The molecule has 0 saturated heterocycles. The van der Waals surface area contributed by atoms with E-state index in [4.69, 9.17) is 10.8 Å². The van der Waals surface area contributed by atoms with E-state index in [9.17, 15) is 5.11 Å². The van der Waals surface area contributed by atoms with Crippen LogP contribution in [0, 0.1) is 0 Å². The molecule has 0 amide bonds. The smallest absolute Gasteiger partial charge is 0.124 e. The SMILES string of the molecule is C=CCC[C@@H](N)c1ccc(O)cc1O. The molecule has 1 atom stereocenters. The first-order valence-corrected chi connectivity index (χ1v) is 4.53. The van der Waals surface area contributed by atoms with Crippen molar-refractivity contribution in [3.05, 3.63) is 36.4 Å². The molecule has 0 aliphatic heterocycles. The molecule has 0 bridgehead atoms. The minimum Gasteiger partial charge on any atom is -0.508 e. The Kier molecular flexibility index (Phi) is 3.54. The fourth-order valence-corrected chi connectivity index (χ4v) is 1.30. The van der Waals surface area contributed by atoms with Crippen LogP contribution in [0.5, 0.6) is 11.5 Å². The molecule has 1 aromatic rings. The van der Waals surface area contributed by atoms with Crippen molar-refractivity contribution in [3.8, 4) is 11.5 Å². The lowest BCUT2D eigenvalue weighted by Gasteiger charge is -2.12. The highest BCUT2D eigenvalue weighted by atomic mass is 16.3. The van der Waals surface area contributed by atoms with Crippen molar-refractivity contribution in [2.75, 3.05) is 0 Å². The van der Waals surface area contributed by atoms with Gasteiger partial charge in [-0.25, -0.2) is 0 Å². The first kappa shape index (κ1) is 10.6. The molecule has 4 N–H and O–H groups in total. The Balaban J connectivity index is 2.78. The van der Waals surface area contributed by atoms with Crippen LogP contribution in [0.1, 0.15) is 24.4 Å². The maximum absolute atomic E-state index is 9.50. The van der Waals surface area contributed by atoms with E-state index in [1.54, 1.807) is 12.1 Å². The molecule has 0 aliphatic carbocycles. The Morgan fingerprint density at radius 3 is 2.71 bits per heavy atom. The summed E-state index contributed by atoms with van der Waals surface area (Å²) in [4.78, 5) is 0. The summed E-state index contributed by atoms with van der Waals surface area (Å²) in [5, 5.41) is 18.6. The van der Waals surface area contributed by atoms with E-state index >= 15 is 0 Å². The second kappa shape index (κ2) is 4.67. The fraction of sp³-hybridized carbons (Fsp3) is 0.273. The summed E-state index contributed by atoms with van der Waals surface area (Å²) in [7, 11) is 0. The Bertz CT molecular complexity index is 323. The molecular weight excluding hydrogens is 178 g/mol. The monoisotopic (exact) mass is 193 g/mol. The van der Waals surface area contributed by atoms with E-state index in [0.717, 1.165) is 12.8 Å². The highest BCUT2D eigenvalue weighted by Crippen LogP contribution is 2.28.